The largest absolute Gasteiger partial charge is 0.495 e. The molecule has 3 aromatic carbocycles. The molecule has 1 heterocycles. The highest BCUT2D eigenvalue weighted by Gasteiger charge is 2.16. The predicted molar refractivity (Wildman–Crippen MR) is 128 cm³/mol. The number of thiocarbonyl (C=S) groups is 1. The van der Waals surface area contributed by atoms with Crippen LogP contribution in [0.2, 0.25) is 5.02 Å². The molecule has 0 aliphatic rings. The molecule has 2 N–H and O–H groups in total. The molecular weight excluding hydrogens is 432 g/mol. The molecule has 31 heavy (non-hydrogen) atoms. The third-order valence-corrected chi connectivity index (χ3v) is 5.22. The van der Waals surface area contributed by atoms with Crippen molar-refractivity contribution in [1.29, 1.82) is 0 Å². The van der Waals surface area contributed by atoms with Crippen molar-refractivity contribution in [2.45, 2.75) is 6.54 Å². The van der Waals surface area contributed by atoms with Crippen LogP contribution >= 0.6 is 23.8 Å². The van der Waals surface area contributed by atoms with E-state index in [2.05, 4.69) is 15.5 Å². The van der Waals surface area contributed by atoms with Gasteiger partial charge in [0.1, 0.15) is 5.75 Å². The Labute approximate surface area is 189 Å². The number of para-hydroxylation sites is 1. The van der Waals surface area contributed by atoms with Gasteiger partial charge in [-0.15, -0.1) is 10.2 Å². The van der Waals surface area contributed by atoms with Crippen molar-refractivity contribution >= 4 is 51.2 Å². The summed E-state index contributed by atoms with van der Waals surface area (Å²) < 4.78 is 6.95. The van der Waals surface area contributed by atoms with Crippen molar-refractivity contribution < 1.29 is 9.84 Å². The normalized spacial score (nSPS) is 11.2. The zero-order valence-corrected chi connectivity index (χ0v) is 18.2. The quantitative estimate of drug-likeness (QED) is 0.267. The number of nitrogens with one attached hydrogen (secondary N) is 1. The van der Waals surface area contributed by atoms with Gasteiger partial charge in [-0.1, -0.05) is 60.1 Å². The van der Waals surface area contributed by atoms with Gasteiger partial charge in [0.15, 0.2) is 5.69 Å². The predicted octanol–water partition coefficient (Wildman–Crippen LogP) is 6.54. The molecule has 0 aliphatic heterocycles. The van der Waals surface area contributed by atoms with E-state index < -0.39 is 0 Å². The van der Waals surface area contributed by atoms with Crippen LogP contribution in [0.25, 0.3) is 10.9 Å². The highest BCUT2D eigenvalue weighted by atomic mass is 35.5. The lowest BCUT2D eigenvalue weighted by Gasteiger charge is -2.07. The molecule has 6 nitrogen and oxygen atoms in total. The van der Waals surface area contributed by atoms with Gasteiger partial charge in [-0.3, -0.25) is 0 Å². The zero-order chi connectivity index (χ0) is 21.8. The van der Waals surface area contributed by atoms with Crippen LogP contribution in [-0.4, -0.2) is 21.9 Å². The molecule has 8 heteroatoms. The number of hydrogen-bond donors (Lipinski definition) is 2. The van der Waals surface area contributed by atoms with Crippen molar-refractivity contribution in [3.05, 3.63) is 83.4 Å². The molecule has 0 saturated heterocycles. The van der Waals surface area contributed by atoms with Crippen molar-refractivity contribution in [3.8, 4) is 11.6 Å². The van der Waals surface area contributed by atoms with Gasteiger partial charge >= 0.3 is 0 Å². The number of azo groups is 1. The minimum atomic E-state index is 0.0316. The summed E-state index contributed by atoms with van der Waals surface area (Å²) >= 11 is 11.4. The van der Waals surface area contributed by atoms with Crippen LogP contribution in [0, 0.1) is 0 Å². The van der Waals surface area contributed by atoms with E-state index in [9.17, 15) is 5.11 Å². The van der Waals surface area contributed by atoms with Gasteiger partial charge in [0, 0.05) is 11.1 Å². The Morgan fingerprint density at radius 1 is 1.10 bits per heavy atom. The summed E-state index contributed by atoms with van der Waals surface area (Å²) in [6.07, 6.45) is 0. The van der Waals surface area contributed by atoms with Crippen molar-refractivity contribution in [3.63, 3.8) is 0 Å². The Bertz CT molecular complexity index is 1270. The lowest BCUT2D eigenvalue weighted by atomic mass is 10.2. The van der Waals surface area contributed by atoms with Crippen LogP contribution in [0.4, 0.5) is 11.4 Å². The van der Waals surface area contributed by atoms with Crippen LogP contribution in [-0.2, 0) is 6.54 Å². The van der Waals surface area contributed by atoms with E-state index in [1.165, 1.54) is 0 Å². The Morgan fingerprint density at radius 3 is 2.58 bits per heavy atom. The van der Waals surface area contributed by atoms with Crippen LogP contribution in [0.1, 0.15) is 5.56 Å². The van der Waals surface area contributed by atoms with Crippen LogP contribution in [0.3, 0.4) is 0 Å². The summed E-state index contributed by atoms with van der Waals surface area (Å²) in [4.78, 5) is 0. The molecule has 4 aromatic rings. The number of aromatic hydroxyl groups is 1. The fraction of sp³-hybridized carbons (Fsp3) is 0.0870. The summed E-state index contributed by atoms with van der Waals surface area (Å²) in [7, 11) is 1.55. The van der Waals surface area contributed by atoms with Crippen LogP contribution in [0.15, 0.2) is 83.0 Å². The topological polar surface area (TPSA) is 71.1 Å². The fourth-order valence-electron chi connectivity index (χ4n) is 3.28. The summed E-state index contributed by atoms with van der Waals surface area (Å²) in [5, 5.41) is 23.6. The maximum absolute atomic E-state index is 10.9. The molecule has 0 fully saturated rings. The minimum absolute atomic E-state index is 0.0316. The number of fused-ring (bicyclic) bond motifs is 1. The van der Waals surface area contributed by atoms with E-state index in [-0.39, 0.29) is 11.0 Å². The van der Waals surface area contributed by atoms with Crippen molar-refractivity contribution in [2.24, 2.45) is 10.2 Å². The number of halogens is 1. The maximum atomic E-state index is 10.9. The SMILES string of the molecule is COc1ccc(NC(=S)N=Nc2c(O)n(Cc3ccccc3)c3ccccc23)cc1Cl. The first-order valence-electron chi connectivity index (χ1n) is 9.47. The summed E-state index contributed by atoms with van der Waals surface area (Å²) in [5.41, 5.74) is 2.95. The number of benzene rings is 3. The second-order valence-corrected chi connectivity index (χ2v) is 7.53. The lowest BCUT2D eigenvalue weighted by molar-refractivity contribution is 0.415. The second kappa shape index (κ2) is 9.16. The van der Waals surface area contributed by atoms with Gasteiger partial charge in [0.2, 0.25) is 11.0 Å². The molecule has 0 saturated carbocycles. The summed E-state index contributed by atoms with van der Waals surface area (Å²) in [5.74, 6) is 0.597. The molecule has 0 aliphatic carbocycles. The molecule has 0 spiro atoms. The first kappa shape index (κ1) is 20.8. The molecule has 0 bridgehead atoms. The number of methoxy groups -OCH3 is 1. The third kappa shape index (κ3) is 4.52. The van der Waals surface area contributed by atoms with E-state index in [4.69, 9.17) is 28.6 Å². The van der Waals surface area contributed by atoms with E-state index in [1.54, 1.807) is 29.9 Å². The lowest BCUT2D eigenvalue weighted by Crippen LogP contribution is -2.04. The van der Waals surface area contributed by atoms with Crippen LogP contribution in [0.5, 0.6) is 11.6 Å². The first-order chi connectivity index (χ1) is 15.1. The molecule has 0 radical (unpaired) electrons. The Hall–Kier alpha value is -3.42. The first-order valence-corrected chi connectivity index (χ1v) is 10.3. The highest BCUT2D eigenvalue weighted by Crippen LogP contribution is 2.39. The molecule has 156 valence electrons. The van der Waals surface area contributed by atoms with Gasteiger partial charge < -0.3 is 19.7 Å². The van der Waals surface area contributed by atoms with Gasteiger partial charge in [-0.05, 0) is 42.0 Å². The second-order valence-electron chi connectivity index (χ2n) is 6.74. The van der Waals surface area contributed by atoms with Gasteiger partial charge in [-0.2, -0.15) is 0 Å². The molecule has 4 rings (SSSR count). The smallest absolute Gasteiger partial charge is 0.221 e. The minimum Gasteiger partial charge on any atom is -0.495 e. The average Bonchev–Trinajstić information content (AvgIpc) is 3.04. The monoisotopic (exact) mass is 450 g/mol. The van der Waals surface area contributed by atoms with Crippen LogP contribution < -0.4 is 10.1 Å². The number of ether oxygens (including phenoxy) is 1. The van der Waals surface area contributed by atoms with Gasteiger partial charge in [0.05, 0.1) is 24.2 Å². The molecular formula is C23H19ClN4O2S. The highest BCUT2D eigenvalue weighted by molar-refractivity contribution is 7.80. The summed E-state index contributed by atoms with van der Waals surface area (Å²) in [6, 6.07) is 22.7. The van der Waals surface area contributed by atoms with Crippen molar-refractivity contribution in [1.82, 2.24) is 4.57 Å². The average molecular weight is 451 g/mol. The number of rotatable bonds is 5. The zero-order valence-electron chi connectivity index (χ0n) is 16.6. The van der Waals surface area contributed by atoms with E-state index in [1.807, 2.05) is 54.6 Å². The van der Waals surface area contributed by atoms with Crippen molar-refractivity contribution in [2.75, 3.05) is 12.4 Å². The standard InChI is InChI=1S/C23H19ClN4O2S/c1-30-20-12-11-16(13-18(20)24)25-23(31)27-26-21-17-9-5-6-10-19(17)28(22(21)29)14-15-7-3-2-4-8-15/h2-13,29H,14H2,1H3,(H,25,31). The van der Waals surface area contributed by atoms with Gasteiger partial charge in [-0.25, -0.2) is 0 Å². The third-order valence-electron chi connectivity index (χ3n) is 4.74. The number of aromatic nitrogens is 1. The van der Waals surface area contributed by atoms with Gasteiger partial charge in [0.25, 0.3) is 0 Å². The summed E-state index contributed by atoms with van der Waals surface area (Å²) in [6.45, 7) is 0.510. The van der Waals surface area contributed by atoms with E-state index >= 15 is 0 Å². The van der Waals surface area contributed by atoms with E-state index in [0.29, 0.717) is 28.7 Å². The Kier molecular flexibility index (Phi) is 6.16. The molecule has 1 aromatic heterocycles. The molecule has 0 unspecified atom stereocenters. The maximum Gasteiger partial charge on any atom is 0.221 e. The molecule has 0 amide bonds. The molecule has 0 atom stereocenters. The Morgan fingerprint density at radius 2 is 1.84 bits per heavy atom. The number of anilines is 1. The number of hydrogen-bond acceptors (Lipinski definition) is 4. The van der Waals surface area contributed by atoms with E-state index in [0.717, 1.165) is 16.5 Å². The number of nitrogens with zero attached hydrogens (tertiary/aromatic N) is 3. The Balaban J connectivity index is 1.60. The fourth-order valence-corrected chi connectivity index (χ4v) is 3.70.